The van der Waals surface area contributed by atoms with Crippen molar-refractivity contribution in [2.75, 3.05) is 12.3 Å². The highest BCUT2D eigenvalue weighted by atomic mass is 32.2. The molecule has 5 nitrogen and oxygen atoms in total. The van der Waals surface area contributed by atoms with Gasteiger partial charge in [-0.1, -0.05) is 30.9 Å². The van der Waals surface area contributed by atoms with Crippen LogP contribution >= 0.6 is 24.0 Å². The predicted molar refractivity (Wildman–Crippen MR) is 74.2 cm³/mol. The van der Waals surface area contributed by atoms with Crippen molar-refractivity contribution >= 4 is 45.8 Å². The molecule has 0 spiro atoms. The summed E-state index contributed by atoms with van der Waals surface area (Å²) in [5, 5.41) is -0.0296. The lowest BCUT2D eigenvalue weighted by molar-refractivity contribution is -0.138. The van der Waals surface area contributed by atoms with Crippen LogP contribution in [0.2, 0.25) is 0 Å². The van der Waals surface area contributed by atoms with Crippen molar-refractivity contribution in [3.8, 4) is 0 Å². The van der Waals surface area contributed by atoms with E-state index in [0.717, 1.165) is 11.8 Å². The van der Waals surface area contributed by atoms with E-state index in [-0.39, 0.29) is 16.9 Å². The van der Waals surface area contributed by atoms with Gasteiger partial charge in [0.05, 0.1) is 0 Å². The molecular weight excluding hydrogens is 272 g/mol. The van der Waals surface area contributed by atoms with Gasteiger partial charge < -0.3 is 10.6 Å². The first-order chi connectivity index (χ1) is 8.34. The van der Waals surface area contributed by atoms with Crippen molar-refractivity contribution in [2.24, 2.45) is 11.7 Å². The summed E-state index contributed by atoms with van der Waals surface area (Å²) in [5.74, 6) is -0.686. The molecule has 1 fully saturated rings. The Kier molecular flexibility index (Phi) is 5.28. The number of likely N-dealkylation sites (tertiary alicyclic amines) is 1. The molecule has 0 aromatic carbocycles. The van der Waals surface area contributed by atoms with Gasteiger partial charge in [-0.25, -0.2) is 0 Å². The maximum absolute atomic E-state index is 12.2. The Balaban J connectivity index is 2.68. The summed E-state index contributed by atoms with van der Waals surface area (Å²) in [6, 6.07) is -0.766. The molecule has 1 saturated heterocycles. The largest absolute Gasteiger partial charge is 0.368 e. The van der Waals surface area contributed by atoms with Crippen LogP contribution in [-0.4, -0.2) is 45.0 Å². The minimum atomic E-state index is -0.766. The number of hydrogen-bond acceptors (Lipinski definition) is 5. The van der Waals surface area contributed by atoms with E-state index in [2.05, 4.69) is 0 Å². The van der Waals surface area contributed by atoms with Crippen LogP contribution < -0.4 is 5.73 Å². The number of thioether (sulfide) groups is 1. The van der Waals surface area contributed by atoms with Gasteiger partial charge in [-0.3, -0.25) is 14.4 Å². The first-order valence-electron chi connectivity index (χ1n) is 5.60. The number of carbonyl (C=O) groups excluding carboxylic acids is 3. The third-order valence-corrected chi connectivity index (χ3v) is 4.23. The molecule has 0 aromatic rings. The van der Waals surface area contributed by atoms with E-state index < -0.39 is 11.9 Å². The third kappa shape index (κ3) is 3.52. The van der Waals surface area contributed by atoms with Gasteiger partial charge in [0.2, 0.25) is 11.8 Å². The van der Waals surface area contributed by atoms with Gasteiger partial charge in [-0.05, 0) is 6.42 Å². The Hall–Kier alpha value is -0.950. The van der Waals surface area contributed by atoms with Crippen molar-refractivity contribution < 1.29 is 14.4 Å². The number of primary amides is 1. The Morgan fingerprint density at radius 2 is 2.17 bits per heavy atom. The van der Waals surface area contributed by atoms with E-state index in [1.54, 1.807) is 6.92 Å². The zero-order valence-corrected chi connectivity index (χ0v) is 12.0. The van der Waals surface area contributed by atoms with Gasteiger partial charge in [-0.15, -0.1) is 0 Å². The maximum atomic E-state index is 12.2. The SMILES string of the molecule is CC(=O)SCC(C)C(=O)N1CCC(=S)[C@H]1C(N)=O. The number of nitrogens with two attached hydrogens (primary N) is 1. The first kappa shape index (κ1) is 15.1. The fourth-order valence-electron chi connectivity index (χ4n) is 1.82. The first-order valence-corrected chi connectivity index (χ1v) is 7.00. The van der Waals surface area contributed by atoms with Gasteiger partial charge in [0, 0.05) is 30.0 Å². The zero-order valence-electron chi connectivity index (χ0n) is 10.3. The third-order valence-electron chi connectivity index (χ3n) is 2.73. The average Bonchev–Trinajstić information content (AvgIpc) is 2.66. The normalized spacial score (nSPS) is 20.9. The Bertz CT molecular complexity index is 398. The highest BCUT2D eigenvalue weighted by molar-refractivity contribution is 8.13. The molecule has 0 radical (unpaired) electrons. The van der Waals surface area contributed by atoms with Gasteiger partial charge >= 0.3 is 0 Å². The van der Waals surface area contributed by atoms with Gasteiger partial charge in [0.1, 0.15) is 6.04 Å². The van der Waals surface area contributed by atoms with Gasteiger partial charge in [-0.2, -0.15) is 0 Å². The predicted octanol–water partition coefficient (Wildman–Crippen LogP) is 0.358. The van der Waals surface area contributed by atoms with Crippen molar-refractivity contribution in [1.82, 2.24) is 4.90 Å². The fourth-order valence-corrected chi connectivity index (χ4v) is 2.78. The van der Waals surface area contributed by atoms with Gasteiger partial charge in [0.15, 0.2) is 5.12 Å². The second kappa shape index (κ2) is 6.29. The highest BCUT2D eigenvalue weighted by Crippen LogP contribution is 2.20. The van der Waals surface area contributed by atoms with E-state index in [0.29, 0.717) is 23.6 Å². The minimum Gasteiger partial charge on any atom is -0.368 e. The summed E-state index contributed by atoms with van der Waals surface area (Å²) >= 11 is 6.15. The zero-order chi connectivity index (χ0) is 13.9. The minimum absolute atomic E-state index is 0.0296. The molecule has 0 aromatic heterocycles. The Morgan fingerprint density at radius 1 is 1.56 bits per heavy atom. The number of hydrogen-bond donors (Lipinski definition) is 1. The fraction of sp³-hybridized carbons (Fsp3) is 0.636. The second-order valence-electron chi connectivity index (χ2n) is 4.26. The van der Waals surface area contributed by atoms with Crippen LogP contribution in [0.1, 0.15) is 20.3 Å². The monoisotopic (exact) mass is 288 g/mol. The molecule has 2 N–H and O–H groups in total. The number of thiocarbonyl (C=S) groups is 1. The second-order valence-corrected chi connectivity index (χ2v) is 5.98. The summed E-state index contributed by atoms with van der Waals surface area (Å²) in [6.45, 7) is 3.62. The lowest BCUT2D eigenvalue weighted by Gasteiger charge is -2.24. The molecule has 2 amide bonds. The summed E-state index contributed by atoms with van der Waals surface area (Å²) in [6.07, 6.45) is 0.529. The lowest BCUT2D eigenvalue weighted by Crippen LogP contribution is -2.48. The Morgan fingerprint density at radius 3 is 2.67 bits per heavy atom. The van der Waals surface area contributed by atoms with E-state index in [4.69, 9.17) is 18.0 Å². The van der Waals surface area contributed by atoms with Crippen LogP contribution in [-0.2, 0) is 14.4 Å². The van der Waals surface area contributed by atoms with Crippen molar-refractivity contribution in [3.05, 3.63) is 0 Å². The van der Waals surface area contributed by atoms with E-state index in [1.165, 1.54) is 11.8 Å². The molecule has 0 saturated carbocycles. The molecule has 1 heterocycles. The molecule has 7 heteroatoms. The molecule has 0 aliphatic carbocycles. The average molecular weight is 288 g/mol. The van der Waals surface area contributed by atoms with Crippen molar-refractivity contribution in [2.45, 2.75) is 26.3 Å². The summed E-state index contributed by atoms with van der Waals surface area (Å²) in [4.78, 5) is 36.3. The molecule has 2 atom stereocenters. The van der Waals surface area contributed by atoms with Crippen LogP contribution in [0, 0.1) is 5.92 Å². The molecule has 0 bridgehead atoms. The molecular formula is C11H16N2O3S2. The van der Waals surface area contributed by atoms with Crippen LogP contribution in [0.25, 0.3) is 0 Å². The van der Waals surface area contributed by atoms with Crippen molar-refractivity contribution in [1.29, 1.82) is 0 Å². The number of carbonyl (C=O) groups is 3. The molecule has 1 aliphatic rings. The summed E-state index contributed by atoms with van der Waals surface area (Å²) in [7, 11) is 0. The van der Waals surface area contributed by atoms with E-state index in [9.17, 15) is 14.4 Å². The Labute approximate surface area is 115 Å². The quantitative estimate of drug-likeness (QED) is 0.755. The highest BCUT2D eigenvalue weighted by Gasteiger charge is 2.38. The van der Waals surface area contributed by atoms with Crippen LogP contribution in [0.4, 0.5) is 0 Å². The topological polar surface area (TPSA) is 80.5 Å². The standard InChI is InChI=1S/C11H16N2O3S2/c1-6(5-18-7(2)14)11(16)13-4-3-8(17)9(13)10(12)15/h6,9H,3-5H2,1-2H3,(H2,12,15)/t6?,9-/m0/s1. The van der Waals surface area contributed by atoms with Gasteiger partial charge in [0.25, 0.3) is 0 Å². The number of rotatable bonds is 4. The molecule has 18 heavy (non-hydrogen) atoms. The maximum Gasteiger partial charge on any atom is 0.245 e. The number of amides is 2. The van der Waals surface area contributed by atoms with Crippen molar-refractivity contribution in [3.63, 3.8) is 0 Å². The molecule has 1 aliphatic heterocycles. The molecule has 100 valence electrons. The van der Waals surface area contributed by atoms with Crippen LogP contribution in [0.3, 0.4) is 0 Å². The summed E-state index contributed by atoms with van der Waals surface area (Å²) < 4.78 is 0. The number of nitrogens with zero attached hydrogens (tertiary/aromatic N) is 1. The van der Waals surface area contributed by atoms with E-state index >= 15 is 0 Å². The molecule has 1 rings (SSSR count). The van der Waals surface area contributed by atoms with Crippen LogP contribution in [0.5, 0.6) is 0 Å². The van der Waals surface area contributed by atoms with E-state index in [1.807, 2.05) is 0 Å². The smallest absolute Gasteiger partial charge is 0.245 e. The molecule has 1 unspecified atom stereocenters. The lowest BCUT2D eigenvalue weighted by atomic mass is 10.1. The summed E-state index contributed by atoms with van der Waals surface area (Å²) in [5.41, 5.74) is 5.26. The van der Waals surface area contributed by atoms with Crippen LogP contribution in [0.15, 0.2) is 0 Å².